The maximum atomic E-state index is 6.02. The predicted molar refractivity (Wildman–Crippen MR) is 92.9 cm³/mol. The maximum absolute atomic E-state index is 6.02. The summed E-state index contributed by atoms with van der Waals surface area (Å²) in [5.74, 6) is 1.93. The van der Waals surface area contributed by atoms with E-state index < -0.39 is 0 Å². The van der Waals surface area contributed by atoms with Gasteiger partial charge < -0.3 is 16.0 Å². The molecule has 1 saturated heterocycles. The molecule has 3 N–H and O–H groups in total. The van der Waals surface area contributed by atoms with Gasteiger partial charge in [0.25, 0.3) is 0 Å². The third-order valence-corrected chi connectivity index (χ3v) is 4.31. The summed E-state index contributed by atoms with van der Waals surface area (Å²) in [4.78, 5) is 12.0. The van der Waals surface area contributed by atoms with Gasteiger partial charge in [0.2, 0.25) is 0 Å². The Morgan fingerprint density at radius 2 is 1.64 bits per heavy atom. The van der Waals surface area contributed by atoms with Crippen molar-refractivity contribution in [1.29, 1.82) is 0 Å². The molecule has 1 aromatic heterocycles. The Morgan fingerprint density at radius 3 is 2.27 bits per heavy atom. The van der Waals surface area contributed by atoms with E-state index in [2.05, 4.69) is 10.2 Å². The fraction of sp³-hybridized carbons (Fsp3) is 0.500. The normalized spacial score (nSPS) is 19.0. The van der Waals surface area contributed by atoms with Crippen LogP contribution in [-0.4, -0.2) is 35.1 Å². The van der Waals surface area contributed by atoms with Crippen molar-refractivity contribution in [2.45, 2.75) is 37.8 Å². The SMILES string of the molecule is Cl.NC1CCN(c2nc3ccccc3nc2NC2CC2)CC1. The number of anilines is 2. The number of para-hydroxylation sites is 2. The zero-order valence-electron chi connectivity index (χ0n) is 12.5. The zero-order chi connectivity index (χ0) is 14.2. The maximum Gasteiger partial charge on any atom is 0.172 e. The highest BCUT2D eigenvalue weighted by Crippen LogP contribution is 2.31. The molecular weight excluding hydrogens is 298 g/mol. The van der Waals surface area contributed by atoms with Gasteiger partial charge in [-0.15, -0.1) is 12.4 Å². The highest BCUT2D eigenvalue weighted by molar-refractivity contribution is 5.85. The Morgan fingerprint density at radius 1 is 1.00 bits per heavy atom. The summed E-state index contributed by atoms with van der Waals surface area (Å²) in [7, 11) is 0. The summed E-state index contributed by atoms with van der Waals surface area (Å²) >= 11 is 0. The molecule has 1 aliphatic heterocycles. The first-order valence-electron chi connectivity index (χ1n) is 7.83. The number of nitrogens with zero attached hydrogens (tertiary/aromatic N) is 3. The molecular formula is C16H22ClN5. The van der Waals surface area contributed by atoms with Gasteiger partial charge in [0.15, 0.2) is 11.6 Å². The molecule has 1 aliphatic carbocycles. The highest BCUT2D eigenvalue weighted by atomic mass is 35.5. The number of hydrogen-bond donors (Lipinski definition) is 2. The number of halogens is 1. The Hall–Kier alpha value is -1.59. The van der Waals surface area contributed by atoms with Crippen molar-refractivity contribution in [3.8, 4) is 0 Å². The Labute approximate surface area is 136 Å². The van der Waals surface area contributed by atoms with E-state index in [1.807, 2.05) is 24.3 Å². The molecule has 0 radical (unpaired) electrons. The van der Waals surface area contributed by atoms with E-state index in [9.17, 15) is 0 Å². The van der Waals surface area contributed by atoms with Crippen LogP contribution in [0.1, 0.15) is 25.7 Å². The molecule has 0 bridgehead atoms. The molecule has 0 unspecified atom stereocenters. The quantitative estimate of drug-likeness (QED) is 0.910. The van der Waals surface area contributed by atoms with Crippen molar-refractivity contribution >= 4 is 35.1 Å². The van der Waals surface area contributed by atoms with E-state index in [4.69, 9.17) is 15.7 Å². The number of nitrogens with two attached hydrogens (primary N) is 1. The molecule has 4 rings (SSSR count). The molecule has 1 aromatic carbocycles. The highest BCUT2D eigenvalue weighted by Gasteiger charge is 2.26. The fourth-order valence-corrected chi connectivity index (χ4v) is 2.84. The molecule has 5 nitrogen and oxygen atoms in total. The first-order chi connectivity index (χ1) is 10.3. The monoisotopic (exact) mass is 319 g/mol. The van der Waals surface area contributed by atoms with Crippen molar-refractivity contribution in [1.82, 2.24) is 9.97 Å². The van der Waals surface area contributed by atoms with Crippen LogP contribution in [-0.2, 0) is 0 Å². The number of rotatable bonds is 3. The smallest absolute Gasteiger partial charge is 0.172 e. The largest absolute Gasteiger partial charge is 0.364 e. The van der Waals surface area contributed by atoms with Gasteiger partial charge in [0.1, 0.15) is 0 Å². The minimum atomic E-state index is 0. The molecule has 2 aromatic rings. The number of hydrogen-bond acceptors (Lipinski definition) is 5. The number of aromatic nitrogens is 2. The van der Waals surface area contributed by atoms with Gasteiger partial charge in [-0.2, -0.15) is 0 Å². The molecule has 0 spiro atoms. The van der Waals surface area contributed by atoms with Gasteiger partial charge in [-0.05, 0) is 37.8 Å². The molecule has 22 heavy (non-hydrogen) atoms. The lowest BCUT2D eigenvalue weighted by Crippen LogP contribution is -2.40. The summed E-state index contributed by atoms with van der Waals surface area (Å²) in [6, 6.07) is 8.98. The standard InChI is InChI=1S/C16H21N5.ClH/c17-11-7-9-21(10-8-11)16-15(18-12-5-6-12)19-13-3-1-2-4-14(13)20-16;/h1-4,11-12H,5-10,17H2,(H,18,19);1H. The van der Waals surface area contributed by atoms with Gasteiger partial charge in [0.05, 0.1) is 11.0 Å². The van der Waals surface area contributed by atoms with Crippen LogP contribution < -0.4 is 16.0 Å². The van der Waals surface area contributed by atoms with Crippen LogP contribution in [0.3, 0.4) is 0 Å². The molecule has 2 heterocycles. The molecule has 2 fully saturated rings. The Kier molecular flexibility index (Phi) is 4.36. The van der Waals surface area contributed by atoms with E-state index in [0.29, 0.717) is 12.1 Å². The number of benzene rings is 1. The molecule has 1 saturated carbocycles. The van der Waals surface area contributed by atoms with Crippen LogP contribution in [0.2, 0.25) is 0 Å². The predicted octanol–water partition coefficient (Wildman–Crippen LogP) is 2.55. The van der Waals surface area contributed by atoms with Crippen LogP contribution in [0.25, 0.3) is 11.0 Å². The Balaban J connectivity index is 0.00000144. The Bertz CT molecular complexity index is 650. The summed E-state index contributed by atoms with van der Waals surface area (Å²) in [5.41, 5.74) is 7.93. The van der Waals surface area contributed by atoms with Crippen LogP contribution in [0.5, 0.6) is 0 Å². The second-order valence-corrected chi connectivity index (χ2v) is 6.13. The number of nitrogens with one attached hydrogen (secondary N) is 1. The fourth-order valence-electron chi connectivity index (χ4n) is 2.84. The van der Waals surface area contributed by atoms with Gasteiger partial charge in [-0.1, -0.05) is 12.1 Å². The average Bonchev–Trinajstić information content (AvgIpc) is 3.31. The molecule has 0 amide bonds. The van der Waals surface area contributed by atoms with E-state index in [-0.39, 0.29) is 12.4 Å². The topological polar surface area (TPSA) is 67.1 Å². The van der Waals surface area contributed by atoms with Crippen molar-refractivity contribution in [3.05, 3.63) is 24.3 Å². The van der Waals surface area contributed by atoms with E-state index in [1.165, 1.54) is 12.8 Å². The second-order valence-electron chi connectivity index (χ2n) is 6.13. The third kappa shape index (κ3) is 3.10. The van der Waals surface area contributed by atoms with Gasteiger partial charge in [0, 0.05) is 25.2 Å². The van der Waals surface area contributed by atoms with E-state index >= 15 is 0 Å². The zero-order valence-corrected chi connectivity index (χ0v) is 13.4. The number of piperidine rings is 1. The summed E-state index contributed by atoms with van der Waals surface area (Å²) in [6.07, 6.45) is 4.52. The van der Waals surface area contributed by atoms with Crippen LogP contribution in [0, 0.1) is 0 Å². The summed E-state index contributed by atoms with van der Waals surface area (Å²) < 4.78 is 0. The average molecular weight is 320 g/mol. The van der Waals surface area contributed by atoms with E-state index in [1.54, 1.807) is 0 Å². The second kappa shape index (κ2) is 6.26. The lowest BCUT2D eigenvalue weighted by atomic mass is 10.1. The van der Waals surface area contributed by atoms with Crippen LogP contribution in [0.15, 0.2) is 24.3 Å². The van der Waals surface area contributed by atoms with Crippen molar-refractivity contribution in [2.24, 2.45) is 5.73 Å². The van der Waals surface area contributed by atoms with Crippen molar-refractivity contribution in [3.63, 3.8) is 0 Å². The van der Waals surface area contributed by atoms with Gasteiger partial charge in [-0.25, -0.2) is 9.97 Å². The third-order valence-electron chi connectivity index (χ3n) is 4.31. The first kappa shape index (κ1) is 15.3. The summed E-state index contributed by atoms with van der Waals surface area (Å²) in [5, 5.41) is 3.54. The van der Waals surface area contributed by atoms with Crippen molar-refractivity contribution < 1.29 is 0 Å². The van der Waals surface area contributed by atoms with Gasteiger partial charge >= 0.3 is 0 Å². The minimum Gasteiger partial charge on any atom is -0.364 e. The molecule has 2 aliphatic rings. The summed E-state index contributed by atoms with van der Waals surface area (Å²) in [6.45, 7) is 1.93. The van der Waals surface area contributed by atoms with Gasteiger partial charge in [-0.3, -0.25) is 0 Å². The lowest BCUT2D eigenvalue weighted by molar-refractivity contribution is 0.499. The van der Waals surface area contributed by atoms with Crippen molar-refractivity contribution in [2.75, 3.05) is 23.3 Å². The van der Waals surface area contributed by atoms with Crippen LogP contribution >= 0.6 is 12.4 Å². The first-order valence-corrected chi connectivity index (χ1v) is 7.83. The van der Waals surface area contributed by atoms with E-state index in [0.717, 1.165) is 48.6 Å². The minimum absolute atomic E-state index is 0. The molecule has 6 heteroatoms. The molecule has 0 atom stereocenters. The number of fused-ring (bicyclic) bond motifs is 1. The van der Waals surface area contributed by atoms with Crippen LogP contribution in [0.4, 0.5) is 11.6 Å². The molecule has 118 valence electrons. The lowest BCUT2D eigenvalue weighted by Gasteiger charge is -2.32.